The van der Waals surface area contributed by atoms with Gasteiger partial charge in [0.25, 0.3) is 5.91 Å². The summed E-state index contributed by atoms with van der Waals surface area (Å²) in [6.45, 7) is 3.39. The molecule has 0 unspecified atom stereocenters. The maximum Gasteiger partial charge on any atom is 0.266 e. The van der Waals surface area contributed by atoms with Crippen LogP contribution < -0.4 is 11.1 Å². The van der Waals surface area contributed by atoms with Crippen LogP contribution in [0.25, 0.3) is 5.69 Å². The molecule has 0 aliphatic carbocycles. The summed E-state index contributed by atoms with van der Waals surface area (Å²) in [5, 5.41) is 18.2. The molecule has 27 heavy (non-hydrogen) atoms. The lowest BCUT2D eigenvalue weighted by Gasteiger charge is -2.22. The quantitative estimate of drug-likeness (QED) is 0.646. The number of nitrogens with two attached hydrogens (primary N) is 1. The molecule has 0 spiro atoms. The molecule has 4 N–H and O–H groups in total. The molecule has 3 aromatic rings. The highest BCUT2D eigenvalue weighted by atomic mass is 19.1. The van der Waals surface area contributed by atoms with Crippen LogP contribution in [0.4, 0.5) is 20.3 Å². The van der Waals surface area contributed by atoms with Crippen molar-refractivity contribution in [3.8, 4) is 5.69 Å². The van der Waals surface area contributed by atoms with Crippen LogP contribution in [-0.4, -0.2) is 20.8 Å². The highest BCUT2D eigenvalue weighted by Gasteiger charge is 2.50. The molecular weight excluding hydrogens is 354 g/mol. The lowest BCUT2D eigenvalue weighted by Crippen LogP contribution is -2.36. The van der Waals surface area contributed by atoms with Gasteiger partial charge in [-0.1, -0.05) is 17.7 Å². The van der Waals surface area contributed by atoms with E-state index < -0.39 is 23.1 Å². The number of benzene rings is 2. The van der Waals surface area contributed by atoms with E-state index in [0.29, 0.717) is 17.3 Å². The largest absolute Gasteiger partial charge is 0.383 e. The Bertz CT molecular complexity index is 1110. The predicted molar refractivity (Wildman–Crippen MR) is 95.4 cm³/mol. The third-order valence-corrected chi connectivity index (χ3v) is 4.74. The lowest BCUT2D eigenvalue weighted by atomic mass is 9.86. The molecule has 6 nitrogen and oxygen atoms in total. The van der Waals surface area contributed by atoms with E-state index >= 15 is 0 Å². The van der Waals surface area contributed by atoms with E-state index in [9.17, 15) is 18.7 Å². The summed E-state index contributed by atoms with van der Waals surface area (Å²) in [4.78, 5) is 12.6. The maximum absolute atomic E-state index is 14.2. The molecule has 2 heterocycles. The van der Waals surface area contributed by atoms with Gasteiger partial charge in [-0.05, 0) is 32.0 Å². The molecule has 1 aromatic heterocycles. The highest BCUT2D eigenvalue weighted by molar-refractivity contribution is 6.08. The number of nitrogens with one attached hydrogen (secondary N) is 1. The van der Waals surface area contributed by atoms with Crippen molar-refractivity contribution < 1.29 is 18.7 Å². The molecular formula is C19H16F2N4O2. The standard InChI is InChI=1S/C19H16F2N4O2/c1-9-3-5-14-12(7-9)19(27,18(26)23-14)16-10(2)24-25(17(16)22)15-6-4-11(20)8-13(15)21/h3-8,27H,22H2,1-2H3,(H,23,26)/t19-/m0/s1. The molecule has 8 heteroatoms. The third kappa shape index (κ3) is 2.33. The second-order valence-corrected chi connectivity index (χ2v) is 6.57. The van der Waals surface area contributed by atoms with Gasteiger partial charge in [-0.25, -0.2) is 13.5 Å². The van der Waals surface area contributed by atoms with Gasteiger partial charge in [0.15, 0.2) is 5.82 Å². The summed E-state index contributed by atoms with van der Waals surface area (Å²) in [5.74, 6) is -2.38. The molecule has 1 amide bonds. The van der Waals surface area contributed by atoms with Crippen molar-refractivity contribution in [1.29, 1.82) is 0 Å². The summed E-state index contributed by atoms with van der Waals surface area (Å²) >= 11 is 0. The highest BCUT2D eigenvalue weighted by Crippen LogP contribution is 2.44. The van der Waals surface area contributed by atoms with Gasteiger partial charge < -0.3 is 16.2 Å². The van der Waals surface area contributed by atoms with Crippen molar-refractivity contribution in [2.24, 2.45) is 0 Å². The van der Waals surface area contributed by atoms with Crippen LogP contribution in [0.5, 0.6) is 0 Å². The molecule has 0 radical (unpaired) electrons. The van der Waals surface area contributed by atoms with E-state index in [2.05, 4.69) is 10.4 Å². The van der Waals surface area contributed by atoms with Crippen molar-refractivity contribution >= 4 is 17.4 Å². The topological polar surface area (TPSA) is 93.2 Å². The fourth-order valence-corrected chi connectivity index (χ4v) is 3.48. The van der Waals surface area contributed by atoms with Crippen molar-refractivity contribution in [3.63, 3.8) is 0 Å². The van der Waals surface area contributed by atoms with Crippen molar-refractivity contribution in [2.45, 2.75) is 19.4 Å². The number of carbonyl (C=O) groups excluding carboxylic acids is 1. The van der Waals surface area contributed by atoms with E-state index in [1.54, 1.807) is 25.1 Å². The SMILES string of the molecule is Cc1ccc2c(c1)[C@](O)(c1c(C)nn(-c3ccc(F)cc3F)c1N)C(=O)N2. The normalized spacial score (nSPS) is 18.5. The number of nitrogens with zero attached hydrogens (tertiary/aromatic N) is 2. The maximum atomic E-state index is 14.2. The number of carbonyl (C=O) groups is 1. The van der Waals surface area contributed by atoms with Crippen LogP contribution in [0.3, 0.4) is 0 Å². The first-order valence-corrected chi connectivity index (χ1v) is 8.19. The van der Waals surface area contributed by atoms with E-state index in [0.717, 1.165) is 16.3 Å². The Kier molecular flexibility index (Phi) is 3.57. The van der Waals surface area contributed by atoms with Crippen molar-refractivity contribution in [1.82, 2.24) is 9.78 Å². The molecule has 1 atom stereocenters. The number of anilines is 2. The van der Waals surface area contributed by atoms with Crippen LogP contribution in [0, 0.1) is 25.5 Å². The van der Waals surface area contributed by atoms with Gasteiger partial charge in [0, 0.05) is 17.3 Å². The Morgan fingerprint density at radius 2 is 1.93 bits per heavy atom. The summed E-state index contributed by atoms with van der Waals surface area (Å²) in [5.41, 5.74) is 5.99. The van der Waals surface area contributed by atoms with Gasteiger partial charge in [-0.2, -0.15) is 5.10 Å². The van der Waals surface area contributed by atoms with E-state index in [-0.39, 0.29) is 22.8 Å². The number of halogens is 2. The second kappa shape index (κ2) is 5.62. The molecule has 138 valence electrons. The Balaban J connectivity index is 1.95. The molecule has 1 aliphatic heterocycles. The van der Waals surface area contributed by atoms with E-state index in [1.165, 1.54) is 6.07 Å². The zero-order valence-corrected chi connectivity index (χ0v) is 14.5. The summed E-state index contributed by atoms with van der Waals surface area (Å²) in [7, 11) is 0. The average Bonchev–Trinajstić information content (AvgIpc) is 3.02. The van der Waals surface area contributed by atoms with E-state index in [4.69, 9.17) is 5.73 Å². The van der Waals surface area contributed by atoms with E-state index in [1.807, 2.05) is 6.92 Å². The van der Waals surface area contributed by atoms with Crippen LogP contribution in [0.1, 0.15) is 22.4 Å². The first-order valence-electron chi connectivity index (χ1n) is 8.19. The molecule has 2 aromatic carbocycles. The smallest absolute Gasteiger partial charge is 0.266 e. The number of aryl methyl sites for hydroxylation is 2. The fraction of sp³-hybridized carbons (Fsp3) is 0.158. The Labute approximate surface area is 153 Å². The summed E-state index contributed by atoms with van der Waals surface area (Å²) < 4.78 is 28.5. The Hall–Kier alpha value is -3.26. The van der Waals surface area contributed by atoms with Gasteiger partial charge in [-0.15, -0.1) is 0 Å². The minimum atomic E-state index is -2.07. The number of aliphatic hydroxyl groups is 1. The fourth-order valence-electron chi connectivity index (χ4n) is 3.48. The zero-order valence-electron chi connectivity index (χ0n) is 14.5. The first-order chi connectivity index (χ1) is 12.7. The van der Waals surface area contributed by atoms with Crippen molar-refractivity contribution in [2.75, 3.05) is 11.1 Å². The number of hydrogen-bond acceptors (Lipinski definition) is 4. The minimum Gasteiger partial charge on any atom is -0.383 e. The van der Waals surface area contributed by atoms with Gasteiger partial charge in [0.1, 0.15) is 17.3 Å². The number of rotatable bonds is 2. The van der Waals surface area contributed by atoms with Gasteiger partial charge in [0.05, 0.1) is 11.3 Å². The van der Waals surface area contributed by atoms with Gasteiger partial charge in [0.2, 0.25) is 5.60 Å². The molecule has 0 fully saturated rings. The third-order valence-electron chi connectivity index (χ3n) is 4.74. The molecule has 0 bridgehead atoms. The number of fused-ring (bicyclic) bond motifs is 1. The van der Waals surface area contributed by atoms with Gasteiger partial charge >= 0.3 is 0 Å². The monoisotopic (exact) mass is 370 g/mol. The molecule has 1 aliphatic rings. The van der Waals surface area contributed by atoms with Crippen LogP contribution in [0.2, 0.25) is 0 Å². The lowest BCUT2D eigenvalue weighted by molar-refractivity contribution is -0.129. The second-order valence-electron chi connectivity index (χ2n) is 6.57. The molecule has 0 saturated carbocycles. The number of amides is 1. The number of hydrogen-bond donors (Lipinski definition) is 3. The number of aromatic nitrogens is 2. The summed E-state index contributed by atoms with van der Waals surface area (Å²) in [6, 6.07) is 8.15. The average molecular weight is 370 g/mol. The minimum absolute atomic E-state index is 0.0630. The zero-order chi connectivity index (χ0) is 19.5. The molecule has 0 saturated heterocycles. The Morgan fingerprint density at radius 3 is 2.63 bits per heavy atom. The van der Waals surface area contributed by atoms with Crippen molar-refractivity contribution in [3.05, 3.63) is 70.4 Å². The first kappa shape index (κ1) is 17.2. The van der Waals surface area contributed by atoms with Crippen LogP contribution >= 0.6 is 0 Å². The Morgan fingerprint density at radius 1 is 1.19 bits per heavy atom. The number of nitrogen functional groups attached to an aromatic ring is 1. The molecule has 4 rings (SSSR count). The predicted octanol–water partition coefficient (Wildman–Crippen LogP) is 2.54. The van der Waals surface area contributed by atoms with Gasteiger partial charge in [-0.3, -0.25) is 4.79 Å². The summed E-state index contributed by atoms with van der Waals surface area (Å²) in [6.07, 6.45) is 0. The van der Waals surface area contributed by atoms with Crippen LogP contribution in [-0.2, 0) is 10.4 Å². The van der Waals surface area contributed by atoms with Crippen LogP contribution in [0.15, 0.2) is 36.4 Å².